The van der Waals surface area contributed by atoms with Crippen molar-refractivity contribution in [2.24, 2.45) is 5.92 Å². The van der Waals surface area contributed by atoms with Crippen LogP contribution in [0.4, 0.5) is 0 Å². The average molecular weight is 154 g/mol. The fraction of sp³-hybridized carbons (Fsp3) is 0.800. The first-order valence-corrected chi connectivity index (χ1v) is 4.36. The zero-order valence-corrected chi connectivity index (χ0v) is 7.72. The molecule has 1 N–H and O–H groups in total. The highest BCUT2D eigenvalue weighted by molar-refractivity contribution is 4.99. The first-order valence-electron chi connectivity index (χ1n) is 4.36. The summed E-state index contributed by atoms with van der Waals surface area (Å²) in [6.07, 6.45) is 2.54. The molecule has 0 aromatic heterocycles. The molecule has 0 saturated carbocycles. The van der Waals surface area contributed by atoms with Crippen molar-refractivity contribution in [3.63, 3.8) is 0 Å². The average Bonchev–Trinajstić information content (AvgIpc) is 1.97. The van der Waals surface area contributed by atoms with E-state index in [-0.39, 0.29) is 6.10 Å². The fourth-order valence-electron chi connectivity index (χ4n) is 0.984. The van der Waals surface area contributed by atoms with Gasteiger partial charge in [0.15, 0.2) is 0 Å². The zero-order valence-electron chi connectivity index (χ0n) is 7.72. The fourth-order valence-corrected chi connectivity index (χ4v) is 0.984. The van der Waals surface area contributed by atoms with Crippen molar-refractivity contribution in [2.75, 3.05) is 0 Å². The van der Waals surface area contributed by atoms with Crippen LogP contribution in [0.2, 0.25) is 0 Å². The molecule has 0 spiro atoms. The van der Waals surface area contributed by atoms with E-state index in [1.807, 2.05) is 13.8 Å². The lowest BCUT2D eigenvalue weighted by molar-refractivity contribution is 0.125. The van der Waals surface area contributed by atoms with Crippen LogP contribution in [0.3, 0.4) is 0 Å². The summed E-state index contributed by atoms with van der Waals surface area (Å²) in [4.78, 5) is 0. The molecule has 0 amide bonds. The van der Waals surface area contributed by atoms with Crippen LogP contribution in [0.5, 0.6) is 0 Å². The van der Waals surface area contributed by atoms with Gasteiger partial charge in [-0.05, 0) is 19.3 Å². The highest BCUT2D eigenvalue weighted by atomic mass is 16.3. The molecule has 1 heteroatoms. The molecule has 0 aromatic rings. The van der Waals surface area contributed by atoms with E-state index >= 15 is 0 Å². The molecule has 0 aliphatic carbocycles. The SMILES string of the molecule is CCC#CCC(CC)C(C)O. The lowest BCUT2D eigenvalue weighted by Crippen LogP contribution is -2.14. The molecule has 0 fully saturated rings. The highest BCUT2D eigenvalue weighted by Crippen LogP contribution is 2.11. The largest absolute Gasteiger partial charge is 0.393 e. The molecule has 0 aliphatic rings. The van der Waals surface area contributed by atoms with Gasteiger partial charge in [-0.1, -0.05) is 13.8 Å². The summed E-state index contributed by atoms with van der Waals surface area (Å²) in [5.74, 6) is 6.42. The molecular weight excluding hydrogens is 136 g/mol. The van der Waals surface area contributed by atoms with Crippen LogP contribution < -0.4 is 0 Å². The number of aliphatic hydroxyl groups is 1. The maximum absolute atomic E-state index is 9.24. The Balaban J connectivity index is 3.69. The van der Waals surface area contributed by atoms with Gasteiger partial charge in [0.2, 0.25) is 0 Å². The predicted molar refractivity (Wildman–Crippen MR) is 48.1 cm³/mol. The second-order valence-corrected chi connectivity index (χ2v) is 2.82. The van der Waals surface area contributed by atoms with Crippen LogP contribution in [-0.2, 0) is 0 Å². The summed E-state index contributed by atoms with van der Waals surface area (Å²) in [6.45, 7) is 5.96. The van der Waals surface area contributed by atoms with Crippen LogP contribution in [0.15, 0.2) is 0 Å². The van der Waals surface area contributed by atoms with E-state index < -0.39 is 0 Å². The van der Waals surface area contributed by atoms with Gasteiger partial charge in [-0.15, -0.1) is 11.8 Å². The summed E-state index contributed by atoms with van der Waals surface area (Å²) >= 11 is 0. The van der Waals surface area contributed by atoms with Crippen molar-refractivity contribution in [3.05, 3.63) is 0 Å². The second-order valence-electron chi connectivity index (χ2n) is 2.82. The van der Waals surface area contributed by atoms with Crippen LogP contribution in [0.25, 0.3) is 0 Å². The molecule has 0 bridgehead atoms. The first kappa shape index (κ1) is 10.5. The van der Waals surface area contributed by atoms with E-state index in [0.717, 1.165) is 19.3 Å². The maximum atomic E-state index is 9.24. The molecular formula is C10H18O. The summed E-state index contributed by atoms with van der Waals surface area (Å²) < 4.78 is 0. The van der Waals surface area contributed by atoms with Crippen molar-refractivity contribution >= 4 is 0 Å². The van der Waals surface area contributed by atoms with Gasteiger partial charge in [0.1, 0.15) is 0 Å². The van der Waals surface area contributed by atoms with Gasteiger partial charge in [0.05, 0.1) is 6.10 Å². The Morgan fingerprint density at radius 1 is 1.27 bits per heavy atom. The van der Waals surface area contributed by atoms with E-state index in [9.17, 15) is 5.11 Å². The molecule has 11 heavy (non-hydrogen) atoms. The Morgan fingerprint density at radius 2 is 1.91 bits per heavy atom. The molecule has 0 aromatic carbocycles. The third-order valence-corrected chi connectivity index (χ3v) is 1.87. The molecule has 0 heterocycles. The van der Waals surface area contributed by atoms with Gasteiger partial charge in [-0.3, -0.25) is 0 Å². The minimum atomic E-state index is -0.217. The molecule has 2 atom stereocenters. The normalized spacial score (nSPS) is 14.9. The Bertz CT molecular complexity index is 139. The first-order chi connectivity index (χ1) is 5.22. The van der Waals surface area contributed by atoms with E-state index in [2.05, 4.69) is 18.8 Å². The van der Waals surface area contributed by atoms with Crippen molar-refractivity contribution in [1.29, 1.82) is 0 Å². The maximum Gasteiger partial charge on any atom is 0.0549 e. The summed E-state index contributed by atoms with van der Waals surface area (Å²) in [7, 11) is 0. The zero-order chi connectivity index (χ0) is 8.69. The van der Waals surface area contributed by atoms with Gasteiger partial charge < -0.3 is 5.11 Å². The van der Waals surface area contributed by atoms with Crippen molar-refractivity contribution < 1.29 is 5.11 Å². The lowest BCUT2D eigenvalue weighted by atomic mass is 9.97. The number of hydrogen-bond acceptors (Lipinski definition) is 1. The monoisotopic (exact) mass is 154 g/mol. The van der Waals surface area contributed by atoms with E-state index in [1.165, 1.54) is 0 Å². The highest BCUT2D eigenvalue weighted by Gasteiger charge is 2.09. The predicted octanol–water partition coefficient (Wildman–Crippen LogP) is 2.20. The quantitative estimate of drug-likeness (QED) is 0.618. The summed E-state index contributed by atoms with van der Waals surface area (Å²) in [6, 6.07) is 0. The van der Waals surface area contributed by atoms with Crippen LogP contribution >= 0.6 is 0 Å². The molecule has 64 valence electrons. The van der Waals surface area contributed by atoms with E-state index in [1.54, 1.807) is 0 Å². The Kier molecular flexibility index (Phi) is 5.97. The minimum absolute atomic E-state index is 0.217. The van der Waals surface area contributed by atoms with Crippen molar-refractivity contribution in [3.8, 4) is 11.8 Å². The smallest absolute Gasteiger partial charge is 0.0549 e. The van der Waals surface area contributed by atoms with Gasteiger partial charge in [-0.2, -0.15) is 0 Å². The molecule has 0 aliphatic heterocycles. The van der Waals surface area contributed by atoms with Gasteiger partial charge in [0.25, 0.3) is 0 Å². The van der Waals surface area contributed by atoms with Crippen molar-refractivity contribution in [2.45, 2.75) is 46.1 Å². The standard InChI is InChI=1S/C10H18O/c1-4-6-7-8-10(5-2)9(3)11/h9-11H,4-5,8H2,1-3H3. The third kappa shape index (κ3) is 4.86. The molecule has 0 saturated heterocycles. The number of hydrogen-bond donors (Lipinski definition) is 1. The Morgan fingerprint density at radius 3 is 2.27 bits per heavy atom. The number of rotatable bonds is 3. The topological polar surface area (TPSA) is 20.2 Å². The molecule has 0 radical (unpaired) electrons. The minimum Gasteiger partial charge on any atom is -0.393 e. The van der Waals surface area contributed by atoms with E-state index in [0.29, 0.717) is 5.92 Å². The number of aliphatic hydroxyl groups excluding tert-OH is 1. The van der Waals surface area contributed by atoms with Crippen molar-refractivity contribution in [1.82, 2.24) is 0 Å². The second kappa shape index (κ2) is 6.24. The van der Waals surface area contributed by atoms with Crippen LogP contribution in [0.1, 0.15) is 40.0 Å². The Labute approximate surface area is 69.8 Å². The molecule has 1 nitrogen and oxygen atoms in total. The van der Waals surface area contributed by atoms with Gasteiger partial charge in [-0.25, -0.2) is 0 Å². The van der Waals surface area contributed by atoms with Crippen LogP contribution in [0, 0.1) is 17.8 Å². The lowest BCUT2D eigenvalue weighted by Gasteiger charge is -2.13. The van der Waals surface area contributed by atoms with Gasteiger partial charge in [0, 0.05) is 12.8 Å². The summed E-state index contributed by atoms with van der Waals surface area (Å²) in [5.41, 5.74) is 0. The van der Waals surface area contributed by atoms with Gasteiger partial charge >= 0.3 is 0 Å². The molecule has 0 rings (SSSR count). The third-order valence-electron chi connectivity index (χ3n) is 1.87. The molecule has 2 unspecified atom stereocenters. The summed E-state index contributed by atoms with van der Waals surface area (Å²) in [5, 5.41) is 9.24. The van der Waals surface area contributed by atoms with Crippen LogP contribution in [-0.4, -0.2) is 11.2 Å². The Hall–Kier alpha value is -0.480. The van der Waals surface area contributed by atoms with E-state index in [4.69, 9.17) is 0 Å².